The topological polar surface area (TPSA) is 91.2 Å². The minimum Gasteiger partial charge on any atom is -0.496 e. The summed E-state index contributed by atoms with van der Waals surface area (Å²) in [4.78, 5) is 20.7. The molecule has 0 spiro atoms. The van der Waals surface area contributed by atoms with Gasteiger partial charge in [-0.15, -0.1) is 0 Å². The molecule has 0 bridgehead atoms. The average molecular weight is 353 g/mol. The van der Waals surface area contributed by atoms with E-state index in [4.69, 9.17) is 9.47 Å². The molecule has 0 atom stereocenters. The van der Waals surface area contributed by atoms with Crippen molar-refractivity contribution in [2.45, 2.75) is 6.92 Å². The molecule has 0 fully saturated rings. The Kier molecular flexibility index (Phi) is 4.83. The van der Waals surface area contributed by atoms with Crippen molar-refractivity contribution in [2.75, 3.05) is 19.5 Å². The number of ether oxygens (including phenoxy) is 2. The first kappa shape index (κ1) is 17.4. The van der Waals surface area contributed by atoms with Crippen LogP contribution < -0.4 is 10.1 Å². The van der Waals surface area contributed by atoms with Crippen molar-refractivity contribution in [3.05, 3.63) is 47.9 Å². The molecule has 1 aromatic carbocycles. The SMILES string of the molecule is COC(=O)c1ccc(-c2nc(Nc3cnn(C)c3)ncc2C)cc1OC. The molecule has 0 aliphatic rings. The molecular weight excluding hydrogens is 334 g/mol. The number of hydrogen-bond donors (Lipinski definition) is 1. The van der Waals surface area contributed by atoms with Gasteiger partial charge in [0, 0.05) is 25.0 Å². The Morgan fingerprint density at radius 1 is 1.23 bits per heavy atom. The predicted octanol–water partition coefficient (Wildman–Crippen LogP) is 2.72. The van der Waals surface area contributed by atoms with E-state index in [1.54, 1.807) is 35.3 Å². The van der Waals surface area contributed by atoms with Crippen molar-refractivity contribution in [1.29, 1.82) is 0 Å². The van der Waals surface area contributed by atoms with Crippen molar-refractivity contribution in [2.24, 2.45) is 7.05 Å². The lowest BCUT2D eigenvalue weighted by Gasteiger charge is -2.11. The van der Waals surface area contributed by atoms with Gasteiger partial charge in [-0.05, 0) is 24.6 Å². The van der Waals surface area contributed by atoms with Crippen LogP contribution in [0.15, 0.2) is 36.8 Å². The van der Waals surface area contributed by atoms with Gasteiger partial charge in [0.2, 0.25) is 5.95 Å². The Morgan fingerprint density at radius 2 is 2.04 bits per heavy atom. The van der Waals surface area contributed by atoms with E-state index in [2.05, 4.69) is 20.4 Å². The van der Waals surface area contributed by atoms with E-state index < -0.39 is 5.97 Å². The van der Waals surface area contributed by atoms with Crippen LogP contribution in [0, 0.1) is 6.92 Å². The van der Waals surface area contributed by atoms with Gasteiger partial charge in [-0.25, -0.2) is 14.8 Å². The first-order valence-electron chi connectivity index (χ1n) is 7.88. The summed E-state index contributed by atoms with van der Waals surface area (Å²) in [5.74, 6) is 0.426. The second-order valence-corrected chi connectivity index (χ2v) is 5.66. The van der Waals surface area contributed by atoms with Crippen molar-refractivity contribution in [1.82, 2.24) is 19.7 Å². The van der Waals surface area contributed by atoms with E-state index >= 15 is 0 Å². The maximum Gasteiger partial charge on any atom is 0.341 e. The summed E-state index contributed by atoms with van der Waals surface area (Å²) in [5, 5.41) is 7.22. The molecule has 0 amide bonds. The van der Waals surface area contributed by atoms with Gasteiger partial charge in [0.05, 0.1) is 31.8 Å². The van der Waals surface area contributed by atoms with Crippen LogP contribution in [0.2, 0.25) is 0 Å². The Hall–Kier alpha value is -3.42. The van der Waals surface area contributed by atoms with Crippen molar-refractivity contribution < 1.29 is 14.3 Å². The average Bonchev–Trinajstić information content (AvgIpc) is 3.06. The Bertz CT molecular complexity index is 952. The fourth-order valence-corrected chi connectivity index (χ4v) is 2.53. The van der Waals surface area contributed by atoms with E-state index in [0.717, 1.165) is 22.5 Å². The van der Waals surface area contributed by atoms with E-state index in [9.17, 15) is 4.79 Å². The van der Waals surface area contributed by atoms with E-state index in [0.29, 0.717) is 17.3 Å². The minimum absolute atomic E-state index is 0.360. The molecular formula is C18H19N5O3. The van der Waals surface area contributed by atoms with Crippen LogP contribution in [0.3, 0.4) is 0 Å². The zero-order valence-electron chi connectivity index (χ0n) is 15.0. The maximum atomic E-state index is 11.8. The molecule has 3 rings (SSSR count). The highest BCUT2D eigenvalue weighted by atomic mass is 16.5. The van der Waals surface area contributed by atoms with Crippen LogP contribution >= 0.6 is 0 Å². The summed E-state index contributed by atoms with van der Waals surface area (Å²) in [5.41, 5.74) is 3.60. The third-order valence-corrected chi connectivity index (χ3v) is 3.81. The molecule has 1 N–H and O–H groups in total. The normalized spacial score (nSPS) is 10.5. The second kappa shape index (κ2) is 7.22. The van der Waals surface area contributed by atoms with Gasteiger partial charge in [0.25, 0.3) is 0 Å². The zero-order chi connectivity index (χ0) is 18.7. The van der Waals surface area contributed by atoms with Crippen LogP contribution in [0.1, 0.15) is 15.9 Å². The molecule has 0 saturated heterocycles. The first-order valence-corrected chi connectivity index (χ1v) is 7.88. The fourth-order valence-electron chi connectivity index (χ4n) is 2.53. The molecule has 2 heterocycles. The summed E-state index contributed by atoms with van der Waals surface area (Å²) in [6, 6.07) is 5.23. The lowest BCUT2D eigenvalue weighted by molar-refractivity contribution is 0.0597. The summed E-state index contributed by atoms with van der Waals surface area (Å²) >= 11 is 0. The number of carbonyl (C=O) groups is 1. The van der Waals surface area contributed by atoms with Gasteiger partial charge < -0.3 is 14.8 Å². The third-order valence-electron chi connectivity index (χ3n) is 3.81. The number of esters is 1. The number of carbonyl (C=O) groups excluding carboxylic acids is 1. The number of nitrogens with zero attached hydrogens (tertiary/aromatic N) is 4. The van der Waals surface area contributed by atoms with E-state index in [-0.39, 0.29) is 0 Å². The van der Waals surface area contributed by atoms with Gasteiger partial charge >= 0.3 is 5.97 Å². The molecule has 0 unspecified atom stereocenters. The summed E-state index contributed by atoms with van der Waals surface area (Å²) in [6.45, 7) is 1.92. The van der Waals surface area contributed by atoms with Crippen molar-refractivity contribution in [3.8, 4) is 17.0 Å². The van der Waals surface area contributed by atoms with Gasteiger partial charge in [-0.2, -0.15) is 5.10 Å². The number of aryl methyl sites for hydroxylation is 2. The van der Waals surface area contributed by atoms with Gasteiger partial charge in [0.15, 0.2) is 0 Å². The number of anilines is 2. The summed E-state index contributed by atoms with van der Waals surface area (Å²) < 4.78 is 11.8. The molecule has 26 heavy (non-hydrogen) atoms. The number of rotatable bonds is 5. The molecule has 8 heteroatoms. The van der Waals surface area contributed by atoms with Gasteiger partial charge in [-0.1, -0.05) is 6.07 Å². The summed E-state index contributed by atoms with van der Waals surface area (Å²) in [6.07, 6.45) is 5.26. The maximum absolute atomic E-state index is 11.8. The number of benzene rings is 1. The lowest BCUT2D eigenvalue weighted by atomic mass is 10.0. The molecule has 0 aliphatic heterocycles. The monoisotopic (exact) mass is 353 g/mol. The molecule has 0 radical (unpaired) electrons. The molecule has 0 aliphatic carbocycles. The predicted molar refractivity (Wildman–Crippen MR) is 96.6 cm³/mol. The van der Waals surface area contributed by atoms with Crippen LogP contribution in [-0.4, -0.2) is 39.9 Å². The minimum atomic E-state index is -0.452. The number of nitrogens with one attached hydrogen (secondary N) is 1. The van der Waals surface area contributed by atoms with Crippen LogP contribution in [0.5, 0.6) is 5.75 Å². The highest BCUT2D eigenvalue weighted by Gasteiger charge is 2.15. The van der Waals surface area contributed by atoms with Gasteiger partial charge in [-0.3, -0.25) is 4.68 Å². The molecule has 8 nitrogen and oxygen atoms in total. The van der Waals surface area contributed by atoms with E-state index in [1.807, 2.05) is 20.2 Å². The quantitative estimate of drug-likeness (QED) is 0.705. The molecule has 0 saturated carbocycles. The third kappa shape index (κ3) is 3.49. The highest BCUT2D eigenvalue weighted by Crippen LogP contribution is 2.29. The fraction of sp³-hybridized carbons (Fsp3) is 0.222. The standard InChI is InChI=1S/C18H19N5O3/c1-11-8-19-18(21-13-9-20-23(2)10-13)22-16(11)12-5-6-14(17(24)26-4)15(7-12)25-3/h5-10H,1-4H3,(H,19,21,22). The van der Waals surface area contributed by atoms with Crippen LogP contribution in [0.4, 0.5) is 11.6 Å². The Balaban J connectivity index is 1.98. The van der Waals surface area contributed by atoms with Crippen LogP contribution in [-0.2, 0) is 11.8 Å². The molecule has 134 valence electrons. The van der Waals surface area contributed by atoms with E-state index in [1.165, 1.54) is 14.2 Å². The largest absolute Gasteiger partial charge is 0.496 e. The van der Waals surface area contributed by atoms with Crippen molar-refractivity contribution >= 4 is 17.6 Å². The van der Waals surface area contributed by atoms with Gasteiger partial charge in [0.1, 0.15) is 11.3 Å². The molecule has 3 aromatic rings. The lowest BCUT2D eigenvalue weighted by Crippen LogP contribution is -2.05. The zero-order valence-corrected chi connectivity index (χ0v) is 15.0. The number of methoxy groups -OCH3 is 2. The first-order chi connectivity index (χ1) is 12.5. The second-order valence-electron chi connectivity index (χ2n) is 5.66. The Labute approximate surface area is 150 Å². The highest BCUT2D eigenvalue weighted by molar-refractivity contribution is 5.93. The van der Waals surface area contributed by atoms with Crippen molar-refractivity contribution in [3.63, 3.8) is 0 Å². The number of hydrogen-bond acceptors (Lipinski definition) is 7. The number of aromatic nitrogens is 4. The molecule has 2 aromatic heterocycles. The smallest absolute Gasteiger partial charge is 0.341 e. The Morgan fingerprint density at radius 3 is 2.69 bits per heavy atom. The summed E-state index contributed by atoms with van der Waals surface area (Å²) in [7, 11) is 4.68. The van der Waals surface area contributed by atoms with Crippen LogP contribution in [0.25, 0.3) is 11.3 Å².